The summed E-state index contributed by atoms with van der Waals surface area (Å²) in [7, 11) is 0. The molecule has 0 aromatic carbocycles. The number of nitrogens with one attached hydrogen (secondary N) is 2. The molecule has 1 rings (SSSR count). The average Bonchev–Trinajstić information content (AvgIpc) is 2.42. The van der Waals surface area contributed by atoms with E-state index in [-0.39, 0.29) is 23.2 Å². The van der Waals surface area contributed by atoms with Crippen molar-refractivity contribution in [2.24, 2.45) is 0 Å². The maximum atomic E-state index is 11.7. The predicted molar refractivity (Wildman–Crippen MR) is 75.9 cm³/mol. The minimum atomic E-state index is -0.274. The molecule has 0 bridgehead atoms. The molecule has 0 spiro atoms. The summed E-state index contributed by atoms with van der Waals surface area (Å²) in [6.07, 6.45) is 3.78. The van der Waals surface area contributed by atoms with E-state index >= 15 is 0 Å². The Morgan fingerprint density at radius 3 is 1.89 bits per heavy atom. The number of pyridine rings is 1. The molecular weight excluding hydrogens is 270 g/mol. The van der Waals surface area contributed by atoms with Gasteiger partial charge in [0.05, 0.1) is 11.8 Å². The van der Waals surface area contributed by atoms with Crippen molar-refractivity contribution in [3.8, 4) is 0 Å². The van der Waals surface area contributed by atoms with Crippen molar-refractivity contribution in [3.05, 3.63) is 29.6 Å². The van der Waals surface area contributed by atoms with Crippen molar-refractivity contribution in [1.29, 1.82) is 0 Å². The molecule has 7 heteroatoms. The maximum absolute atomic E-state index is 11.7. The third kappa shape index (κ3) is 4.58. The number of carbonyl (C=O) groups is 2. The van der Waals surface area contributed by atoms with Gasteiger partial charge < -0.3 is 10.6 Å². The van der Waals surface area contributed by atoms with E-state index in [1.165, 1.54) is 23.5 Å². The Morgan fingerprint density at radius 1 is 1.06 bits per heavy atom. The number of hydrogen-bond acceptors (Lipinski definition) is 5. The van der Waals surface area contributed by atoms with Gasteiger partial charge in [0.1, 0.15) is 11.4 Å². The van der Waals surface area contributed by atoms with E-state index in [2.05, 4.69) is 15.6 Å². The number of hydrogen-bond donors (Lipinski definition) is 2. The fraction of sp³-hybridized carbons (Fsp3) is 0.364. The second-order valence-electron chi connectivity index (χ2n) is 3.29. The Balaban J connectivity index is 2.72. The van der Waals surface area contributed by atoms with Crippen LogP contribution in [0.25, 0.3) is 0 Å². The van der Waals surface area contributed by atoms with Gasteiger partial charge in [0.15, 0.2) is 0 Å². The lowest BCUT2D eigenvalue weighted by Gasteiger charge is -2.05. The molecule has 5 nitrogen and oxygen atoms in total. The molecular formula is C11H15N3O2S2. The van der Waals surface area contributed by atoms with Crippen molar-refractivity contribution < 1.29 is 9.59 Å². The standard InChI is InChI=1S/C11H15N3O2S2/c1-17-6-12-10(15)8-4-3-5-9(14-8)11(16)13-7-18-2/h3-5H,6-7H2,1-2H3,(H,12,15)(H,13,16). The predicted octanol–water partition coefficient (Wildman–Crippen LogP) is 1.18. The monoisotopic (exact) mass is 285 g/mol. The second kappa shape index (κ2) is 7.99. The summed E-state index contributed by atoms with van der Waals surface area (Å²) in [5.41, 5.74) is 0.502. The van der Waals surface area contributed by atoms with Crippen molar-refractivity contribution in [2.75, 3.05) is 24.3 Å². The minimum Gasteiger partial charge on any atom is -0.342 e. The summed E-state index contributed by atoms with van der Waals surface area (Å²) in [4.78, 5) is 27.4. The van der Waals surface area contributed by atoms with Gasteiger partial charge in [0.2, 0.25) is 0 Å². The van der Waals surface area contributed by atoms with Crippen LogP contribution in [0.2, 0.25) is 0 Å². The smallest absolute Gasteiger partial charge is 0.270 e. The van der Waals surface area contributed by atoms with E-state index in [9.17, 15) is 9.59 Å². The summed E-state index contributed by atoms with van der Waals surface area (Å²) in [6.45, 7) is 0. The summed E-state index contributed by atoms with van der Waals surface area (Å²) in [6, 6.07) is 4.82. The Labute approximate surface area is 115 Å². The number of nitrogens with zero attached hydrogens (tertiary/aromatic N) is 1. The van der Waals surface area contributed by atoms with Gasteiger partial charge in [-0.1, -0.05) is 6.07 Å². The van der Waals surface area contributed by atoms with Gasteiger partial charge in [0, 0.05) is 0 Å². The molecule has 2 amide bonds. The summed E-state index contributed by atoms with van der Waals surface area (Å²) in [5.74, 6) is 0.486. The minimum absolute atomic E-state index is 0.251. The first-order valence-corrected chi connectivity index (χ1v) is 7.99. The SMILES string of the molecule is CSCNC(=O)c1cccc(C(=O)NCSC)n1. The molecule has 2 N–H and O–H groups in total. The molecule has 0 saturated carbocycles. The first kappa shape index (κ1) is 14.8. The zero-order valence-electron chi connectivity index (χ0n) is 10.2. The van der Waals surface area contributed by atoms with E-state index in [1.807, 2.05) is 12.5 Å². The lowest BCUT2D eigenvalue weighted by Crippen LogP contribution is -2.27. The molecule has 1 aromatic rings. The van der Waals surface area contributed by atoms with E-state index in [0.29, 0.717) is 11.8 Å². The van der Waals surface area contributed by atoms with Crippen molar-refractivity contribution in [1.82, 2.24) is 15.6 Å². The number of carbonyl (C=O) groups excluding carboxylic acids is 2. The van der Waals surface area contributed by atoms with Crippen LogP contribution in [0.5, 0.6) is 0 Å². The van der Waals surface area contributed by atoms with Gasteiger partial charge >= 0.3 is 0 Å². The molecule has 0 aliphatic heterocycles. The van der Waals surface area contributed by atoms with Gasteiger partial charge in [-0.05, 0) is 24.6 Å². The molecule has 0 aliphatic rings. The molecule has 1 aromatic heterocycles. The molecule has 0 fully saturated rings. The van der Waals surface area contributed by atoms with Gasteiger partial charge in [-0.15, -0.1) is 23.5 Å². The van der Waals surface area contributed by atoms with Crippen LogP contribution in [0.3, 0.4) is 0 Å². The largest absolute Gasteiger partial charge is 0.342 e. The van der Waals surface area contributed by atoms with Crippen LogP contribution >= 0.6 is 23.5 Å². The summed E-state index contributed by atoms with van der Waals surface area (Å²) < 4.78 is 0. The van der Waals surface area contributed by atoms with Crippen LogP contribution < -0.4 is 10.6 Å². The highest BCUT2D eigenvalue weighted by molar-refractivity contribution is 7.98. The Morgan fingerprint density at radius 2 is 1.50 bits per heavy atom. The van der Waals surface area contributed by atoms with E-state index < -0.39 is 0 Å². The van der Waals surface area contributed by atoms with Gasteiger partial charge in [-0.2, -0.15) is 0 Å². The van der Waals surface area contributed by atoms with Crippen molar-refractivity contribution in [3.63, 3.8) is 0 Å². The topological polar surface area (TPSA) is 71.1 Å². The molecule has 0 atom stereocenters. The second-order valence-corrected chi connectivity index (χ2v) is 5.02. The zero-order chi connectivity index (χ0) is 13.4. The molecule has 0 radical (unpaired) electrons. The summed E-state index contributed by atoms with van der Waals surface area (Å²) >= 11 is 3.01. The van der Waals surface area contributed by atoms with Crippen LogP contribution in [0.4, 0.5) is 0 Å². The molecule has 98 valence electrons. The zero-order valence-corrected chi connectivity index (χ0v) is 11.9. The van der Waals surface area contributed by atoms with Gasteiger partial charge in [-0.3, -0.25) is 9.59 Å². The van der Waals surface area contributed by atoms with Crippen LogP contribution in [0, 0.1) is 0 Å². The van der Waals surface area contributed by atoms with E-state index in [0.717, 1.165) is 0 Å². The number of rotatable bonds is 6. The Kier molecular flexibility index (Phi) is 6.59. The van der Waals surface area contributed by atoms with Crippen LogP contribution in [-0.2, 0) is 0 Å². The number of thioether (sulfide) groups is 2. The lowest BCUT2D eigenvalue weighted by molar-refractivity contribution is 0.0952. The lowest BCUT2D eigenvalue weighted by atomic mass is 10.3. The number of aromatic nitrogens is 1. The first-order valence-electron chi connectivity index (χ1n) is 5.20. The molecule has 1 heterocycles. The van der Waals surface area contributed by atoms with Gasteiger partial charge in [-0.25, -0.2) is 4.98 Å². The molecule has 18 heavy (non-hydrogen) atoms. The average molecular weight is 285 g/mol. The highest BCUT2D eigenvalue weighted by atomic mass is 32.2. The summed E-state index contributed by atoms with van der Waals surface area (Å²) in [5, 5.41) is 5.37. The Bertz CT molecular complexity index is 391. The third-order valence-corrected chi connectivity index (χ3v) is 2.83. The van der Waals surface area contributed by atoms with E-state index in [4.69, 9.17) is 0 Å². The molecule has 0 aliphatic carbocycles. The Hall–Kier alpha value is -1.21. The van der Waals surface area contributed by atoms with Crippen molar-refractivity contribution >= 4 is 35.3 Å². The normalized spacial score (nSPS) is 9.89. The highest BCUT2D eigenvalue weighted by Crippen LogP contribution is 2.01. The maximum Gasteiger partial charge on any atom is 0.270 e. The van der Waals surface area contributed by atoms with Crippen molar-refractivity contribution in [2.45, 2.75) is 0 Å². The van der Waals surface area contributed by atoms with Crippen LogP contribution in [0.15, 0.2) is 18.2 Å². The quantitative estimate of drug-likeness (QED) is 0.768. The first-order chi connectivity index (χ1) is 8.69. The molecule has 0 unspecified atom stereocenters. The fourth-order valence-corrected chi connectivity index (χ4v) is 1.70. The van der Waals surface area contributed by atoms with Crippen LogP contribution in [0.1, 0.15) is 21.0 Å². The number of amides is 2. The fourth-order valence-electron chi connectivity index (χ4n) is 1.14. The van der Waals surface area contributed by atoms with Crippen LogP contribution in [-0.4, -0.2) is 41.1 Å². The van der Waals surface area contributed by atoms with Gasteiger partial charge in [0.25, 0.3) is 11.8 Å². The highest BCUT2D eigenvalue weighted by Gasteiger charge is 2.11. The molecule has 0 saturated heterocycles. The van der Waals surface area contributed by atoms with E-state index in [1.54, 1.807) is 18.2 Å². The third-order valence-electron chi connectivity index (χ3n) is 1.97.